The Morgan fingerprint density at radius 1 is 1.00 bits per heavy atom. The minimum absolute atomic E-state index is 0.0818. The van der Waals surface area contributed by atoms with Gasteiger partial charge in [0.05, 0.1) is 21.2 Å². The molecule has 5 nitrogen and oxygen atoms in total. The molecule has 2 aliphatic carbocycles. The highest BCUT2D eigenvalue weighted by Gasteiger charge is 2.32. The molecule has 2 fully saturated rings. The van der Waals surface area contributed by atoms with Crippen LogP contribution in [0.3, 0.4) is 0 Å². The lowest BCUT2D eigenvalue weighted by Crippen LogP contribution is -2.19. The molecule has 0 radical (unpaired) electrons. The molecular weight excluding hydrogens is 509 g/mol. The molecule has 36 heavy (non-hydrogen) atoms. The molecule has 0 bridgehead atoms. The summed E-state index contributed by atoms with van der Waals surface area (Å²) in [7, 11) is 1.52. The van der Waals surface area contributed by atoms with E-state index in [-0.39, 0.29) is 11.4 Å². The number of hydrogen-bond donors (Lipinski definition) is 1. The van der Waals surface area contributed by atoms with Crippen LogP contribution in [-0.2, 0) is 4.79 Å². The predicted octanol–water partition coefficient (Wildman–Crippen LogP) is 7.62. The quantitative estimate of drug-likeness (QED) is 0.156. The maximum Gasteiger partial charge on any atom is 0.263 e. The molecule has 1 aromatic carbocycles. The van der Waals surface area contributed by atoms with Crippen molar-refractivity contribution in [2.24, 2.45) is 23.7 Å². The third kappa shape index (κ3) is 6.65. The van der Waals surface area contributed by atoms with Crippen LogP contribution in [0.25, 0.3) is 0 Å². The van der Waals surface area contributed by atoms with E-state index in [4.69, 9.17) is 4.18 Å². The number of hydrogen-bond acceptors (Lipinski definition) is 7. The highest BCUT2D eigenvalue weighted by Crippen LogP contribution is 2.57. The minimum atomic E-state index is -0.409. The molecule has 0 unspecified atom stereocenters. The van der Waals surface area contributed by atoms with E-state index < -0.39 is 5.91 Å². The van der Waals surface area contributed by atoms with Gasteiger partial charge in [0.15, 0.2) is 11.5 Å². The van der Waals surface area contributed by atoms with Gasteiger partial charge in [-0.2, -0.15) is 5.26 Å². The van der Waals surface area contributed by atoms with Gasteiger partial charge in [0.25, 0.3) is 5.91 Å². The minimum Gasteiger partial charge on any atom is -0.425 e. The van der Waals surface area contributed by atoms with Gasteiger partial charge < -0.3 is 9.50 Å². The third-order valence-electron chi connectivity index (χ3n) is 7.73. The molecule has 1 aromatic rings. The average molecular weight is 545 g/mol. The number of nitrogens with zero attached hydrogens (tertiary/aromatic N) is 1. The topological polar surface area (TPSA) is 79.2 Å². The number of nitriles is 1. The number of amides is 1. The largest absolute Gasteiger partial charge is 0.425 e. The second-order valence-corrected chi connectivity index (χ2v) is 13.6. The summed E-state index contributed by atoms with van der Waals surface area (Å²) in [6, 6.07) is 5.83. The van der Waals surface area contributed by atoms with Crippen LogP contribution in [0.2, 0.25) is 0 Å². The lowest BCUT2D eigenvalue weighted by molar-refractivity contribution is -0.116. The van der Waals surface area contributed by atoms with Crippen molar-refractivity contribution in [3.05, 3.63) is 27.5 Å². The normalized spacial score (nSPS) is 27.1. The summed E-state index contributed by atoms with van der Waals surface area (Å²) >= 11 is 4.21. The Balaban J connectivity index is 1.53. The number of thioether (sulfide) groups is 2. The standard InChI is InChI=1S/C28H36N2O3S3/c1-17-4-8-19(9-5-17)14-23(31)21-12-13-24(33-34-16-20-10-6-18(2)7-11-20)26-25(21)35-28(36-26)22(15-29)27(32)30-3/h12-13,17-20H,4-11,14,16H2,1-3H3,(H,30,32)/b28-22-. The fourth-order valence-corrected chi connectivity index (χ4v) is 8.82. The van der Waals surface area contributed by atoms with Gasteiger partial charge in [0, 0.05) is 29.7 Å². The Kier molecular flexibility index (Phi) is 9.77. The number of rotatable bonds is 8. The molecule has 0 spiro atoms. The molecular formula is C28H36N2O3S3. The van der Waals surface area contributed by atoms with Gasteiger partial charge in [0.1, 0.15) is 11.6 Å². The molecule has 2 saturated carbocycles. The van der Waals surface area contributed by atoms with Gasteiger partial charge >= 0.3 is 0 Å². The first-order valence-electron chi connectivity index (χ1n) is 13.1. The Labute approximate surface area is 228 Å². The van der Waals surface area contributed by atoms with E-state index in [0.29, 0.717) is 33.8 Å². The Hall–Kier alpha value is -1.56. The van der Waals surface area contributed by atoms with Crippen LogP contribution in [0.1, 0.15) is 82.0 Å². The number of carbonyl (C=O) groups excluding carboxylic acids is 2. The number of ketones is 1. The number of carbonyl (C=O) groups is 2. The van der Waals surface area contributed by atoms with Gasteiger partial charge in [-0.15, -0.1) is 0 Å². The first-order chi connectivity index (χ1) is 17.4. The van der Waals surface area contributed by atoms with Crippen molar-refractivity contribution >= 4 is 47.3 Å². The SMILES string of the molecule is CNC(=O)/C(C#N)=C1\Sc2c(OSCC3CCC(C)CC3)ccc(C(=O)CC3CCC(C)CC3)c2S1. The molecule has 1 amide bonds. The van der Waals surface area contributed by atoms with Crippen LogP contribution in [-0.4, -0.2) is 24.5 Å². The van der Waals surface area contributed by atoms with E-state index in [1.165, 1.54) is 81.1 Å². The van der Waals surface area contributed by atoms with E-state index in [2.05, 4.69) is 25.2 Å². The second kappa shape index (κ2) is 12.8. The van der Waals surface area contributed by atoms with Gasteiger partial charge in [-0.3, -0.25) is 9.59 Å². The third-order valence-corrected chi connectivity index (χ3v) is 11.3. The van der Waals surface area contributed by atoms with E-state index >= 15 is 0 Å². The average Bonchev–Trinajstić information content (AvgIpc) is 3.32. The zero-order valence-electron chi connectivity index (χ0n) is 21.4. The summed E-state index contributed by atoms with van der Waals surface area (Å²) < 4.78 is 6.79. The fraction of sp³-hybridized carbons (Fsp3) is 0.607. The summed E-state index contributed by atoms with van der Waals surface area (Å²) in [6.45, 7) is 4.62. The molecule has 4 rings (SSSR count). The van der Waals surface area contributed by atoms with E-state index in [0.717, 1.165) is 40.2 Å². The van der Waals surface area contributed by atoms with Crippen molar-refractivity contribution in [3.63, 3.8) is 0 Å². The molecule has 3 aliphatic rings. The highest BCUT2D eigenvalue weighted by atomic mass is 32.2. The van der Waals surface area contributed by atoms with Crippen molar-refractivity contribution in [1.82, 2.24) is 5.32 Å². The first kappa shape index (κ1) is 27.5. The van der Waals surface area contributed by atoms with Crippen molar-refractivity contribution < 1.29 is 13.8 Å². The number of fused-ring (bicyclic) bond motifs is 1. The molecule has 0 aromatic heterocycles. The summed E-state index contributed by atoms with van der Waals surface area (Å²) in [4.78, 5) is 27.4. The zero-order valence-corrected chi connectivity index (χ0v) is 23.9. The van der Waals surface area contributed by atoms with Crippen LogP contribution >= 0.6 is 35.6 Å². The number of Topliss-reactive ketones (excluding diaryl/α,β-unsaturated/α-hetero) is 1. The van der Waals surface area contributed by atoms with Crippen LogP contribution in [0.4, 0.5) is 0 Å². The fourth-order valence-electron chi connectivity index (χ4n) is 5.25. The van der Waals surface area contributed by atoms with E-state index in [1.807, 2.05) is 12.1 Å². The summed E-state index contributed by atoms with van der Waals surface area (Å²) in [5, 5.41) is 12.2. The summed E-state index contributed by atoms with van der Waals surface area (Å²) in [6.07, 6.45) is 10.2. The monoisotopic (exact) mass is 544 g/mol. The zero-order chi connectivity index (χ0) is 25.7. The molecule has 1 aliphatic heterocycles. The smallest absolute Gasteiger partial charge is 0.263 e. The molecule has 194 valence electrons. The summed E-state index contributed by atoms with van der Waals surface area (Å²) in [5.41, 5.74) is 0.766. The maximum absolute atomic E-state index is 13.4. The van der Waals surface area contributed by atoms with Crippen LogP contribution in [0, 0.1) is 35.0 Å². The van der Waals surface area contributed by atoms with E-state index in [1.54, 1.807) is 0 Å². The molecule has 1 heterocycles. The number of nitrogens with one attached hydrogen (secondary N) is 1. The van der Waals surface area contributed by atoms with Gasteiger partial charge in [-0.25, -0.2) is 0 Å². The second-order valence-electron chi connectivity index (χ2n) is 10.6. The van der Waals surface area contributed by atoms with Crippen molar-refractivity contribution in [3.8, 4) is 11.8 Å². The van der Waals surface area contributed by atoms with Crippen molar-refractivity contribution in [2.75, 3.05) is 12.8 Å². The number of likely N-dealkylation sites (N-methyl/N-ethyl adjacent to an activating group) is 1. The van der Waals surface area contributed by atoms with Crippen LogP contribution in [0.5, 0.6) is 5.75 Å². The van der Waals surface area contributed by atoms with Gasteiger partial charge in [-0.05, 0) is 61.5 Å². The maximum atomic E-state index is 13.4. The molecule has 8 heteroatoms. The first-order valence-corrected chi connectivity index (χ1v) is 15.7. The molecule has 1 N–H and O–H groups in total. The lowest BCUT2D eigenvalue weighted by Gasteiger charge is -2.26. The Bertz CT molecular complexity index is 1050. The van der Waals surface area contributed by atoms with Crippen LogP contribution < -0.4 is 9.50 Å². The Morgan fingerprint density at radius 2 is 1.61 bits per heavy atom. The van der Waals surface area contributed by atoms with Crippen molar-refractivity contribution in [1.29, 1.82) is 5.26 Å². The summed E-state index contributed by atoms with van der Waals surface area (Å²) in [5.74, 6) is 4.08. The molecule has 0 atom stereocenters. The van der Waals surface area contributed by atoms with Gasteiger partial charge in [0.2, 0.25) is 0 Å². The van der Waals surface area contributed by atoms with Crippen molar-refractivity contribution in [2.45, 2.75) is 81.4 Å². The predicted molar refractivity (Wildman–Crippen MR) is 149 cm³/mol. The molecule has 0 saturated heterocycles. The Morgan fingerprint density at radius 3 is 2.22 bits per heavy atom. The highest BCUT2D eigenvalue weighted by molar-refractivity contribution is 8.24. The number of benzene rings is 1. The van der Waals surface area contributed by atoms with Crippen LogP contribution in [0.15, 0.2) is 31.7 Å². The van der Waals surface area contributed by atoms with Gasteiger partial charge in [-0.1, -0.05) is 63.1 Å². The van der Waals surface area contributed by atoms with E-state index in [9.17, 15) is 14.9 Å². The lowest BCUT2D eigenvalue weighted by atomic mass is 9.80.